The fraction of sp³-hybridized carbons (Fsp3) is 0.417. The van der Waals surface area contributed by atoms with Crippen molar-refractivity contribution in [2.45, 2.75) is 12.3 Å². The Morgan fingerprint density at radius 1 is 1.44 bits per heavy atom. The van der Waals surface area contributed by atoms with E-state index in [4.69, 9.17) is 24.6 Å². The first-order chi connectivity index (χ1) is 9.93. The summed E-state index contributed by atoms with van der Waals surface area (Å²) in [6.45, 7) is -5.42. The monoisotopic (exact) mass is 245 g/mol. The van der Waals surface area contributed by atoms with Gasteiger partial charge in [0.15, 0.2) is 0 Å². The number of morpholine rings is 1. The van der Waals surface area contributed by atoms with E-state index in [1.54, 1.807) is 0 Å². The highest BCUT2D eigenvalue weighted by atomic mass is 35.5. The van der Waals surface area contributed by atoms with E-state index >= 15 is 0 Å². The summed E-state index contributed by atoms with van der Waals surface area (Å²) in [5.41, 5.74) is 0.264. The summed E-state index contributed by atoms with van der Waals surface area (Å²) in [7, 11) is 0. The number of carbonyl (C=O) groups excluding carboxylic acids is 1. The molecule has 1 aromatic rings. The number of carbonyl (C=O) groups is 1. The smallest absolute Gasteiger partial charge is 0.248 e. The van der Waals surface area contributed by atoms with Crippen molar-refractivity contribution in [3.63, 3.8) is 0 Å². The van der Waals surface area contributed by atoms with Gasteiger partial charge in [0.1, 0.15) is 6.61 Å². The summed E-state index contributed by atoms with van der Waals surface area (Å²) in [6, 6.07) is 5.32. The van der Waals surface area contributed by atoms with Crippen molar-refractivity contribution in [1.82, 2.24) is 4.90 Å². The zero-order chi connectivity index (χ0) is 16.8. The summed E-state index contributed by atoms with van der Waals surface area (Å²) >= 11 is 5.54. The molecular weight excluding hydrogens is 226 g/mol. The number of benzene rings is 1. The van der Waals surface area contributed by atoms with Crippen LogP contribution in [0.4, 0.5) is 0 Å². The highest BCUT2D eigenvalue weighted by molar-refractivity contribution is 6.17. The van der Waals surface area contributed by atoms with Gasteiger partial charge in [-0.2, -0.15) is 0 Å². The van der Waals surface area contributed by atoms with Crippen molar-refractivity contribution in [2.75, 3.05) is 19.7 Å². The molecule has 0 aromatic heterocycles. The Bertz CT molecular complexity index is 572. The van der Waals surface area contributed by atoms with Crippen LogP contribution in [0.5, 0.6) is 0 Å². The second-order valence-electron chi connectivity index (χ2n) is 3.20. The average Bonchev–Trinajstić information content (AvgIpc) is 2.40. The minimum Gasteiger partial charge on any atom is -0.370 e. The molecule has 1 amide bonds. The van der Waals surface area contributed by atoms with E-state index in [9.17, 15) is 4.79 Å². The second-order valence-corrected chi connectivity index (χ2v) is 3.39. The first-order valence-corrected chi connectivity index (χ1v) is 5.06. The van der Waals surface area contributed by atoms with Crippen LogP contribution in [0.25, 0.3) is 0 Å². The second kappa shape index (κ2) is 5.32. The first-order valence-electron chi connectivity index (χ1n) is 7.68. The van der Waals surface area contributed by atoms with Crippen molar-refractivity contribution in [3.8, 4) is 0 Å². The molecule has 86 valence electrons. The Balaban J connectivity index is 2.31. The highest BCUT2D eigenvalue weighted by Gasteiger charge is 2.18. The molecule has 0 bridgehead atoms. The number of nitrogens with zero attached hydrogens (tertiary/aromatic N) is 1. The molecule has 0 N–H and O–H groups in total. The van der Waals surface area contributed by atoms with E-state index in [2.05, 4.69) is 0 Å². The summed E-state index contributed by atoms with van der Waals surface area (Å²) < 4.78 is 50.8. The van der Waals surface area contributed by atoms with Crippen molar-refractivity contribution >= 4 is 17.5 Å². The Hall–Kier alpha value is -1.06. The fourth-order valence-corrected chi connectivity index (χ4v) is 1.38. The van der Waals surface area contributed by atoms with Gasteiger partial charge < -0.3 is 9.64 Å². The number of hydrogen-bond acceptors (Lipinski definition) is 2. The molecule has 0 spiro atoms. The number of alkyl halides is 1. The highest BCUT2D eigenvalue weighted by Crippen LogP contribution is 2.10. The molecule has 1 fully saturated rings. The van der Waals surface area contributed by atoms with Gasteiger partial charge in [-0.05, 0) is 11.1 Å². The minimum atomic E-state index is -2.24. The molecular formula is C12H14ClNO2. The third-order valence-electron chi connectivity index (χ3n) is 2.08. The van der Waals surface area contributed by atoms with Gasteiger partial charge in [-0.3, -0.25) is 4.79 Å². The molecule has 1 heterocycles. The van der Waals surface area contributed by atoms with Crippen LogP contribution < -0.4 is 0 Å². The molecule has 1 aliphatic heterocycles. The van der Waals surface area contributed by atoms with Gasteiger partial charge in [-0.1, -0.05) is 24.3 Å². The van der Waals surface area contributed by atoms with Crippen LogP contribution in [0.3, 0.4) is 0 Å². The van der Waals surface area contributed by atoms with E-state index in [0.29, 0.717) is 0 Å². The zero-order valence-corrected chi connectivity index (χ0v) is 9.12. The van der Waals surface area contributed by atoms with E-state index in [0.717, 1.165) is 4.90 Å². The number of halogens is 1. The number of amides is 1. The molecule has 1 aliphatic rings. The van der Waals surface area contributed by atoms with Gasteiger partial charge in [-0.15, -0.1) is 11.6 Å². The SMILES string of the molecule is [2H]C1([2H])CN(C([2H])([2H])c2ccc(C([2H])([2H])Cl)cc2)C(=O)CO1. The predicted molar refractivity (Wildman–Crippen MR) is 62.2 cm³/mol. The lowest BCUT2D eigenvalue weighted by atomic mass is 10.1. The van der Waals surface area contributed by atoms with Crippen LogP contribution in [0.15, 0.2) is 24.3 Å². The van der Waals surface area contributed by atoms with Crippen LogP contribution in [0, 0.1) is 0 Å². The number of hydrogen-bond donors (Lipinski definition) is 0. The molecule has 1 aromatic carbocycles. The summed E-state index contributed by atoms with van der Waals surface area (Å²) in [5, 5.41) is 0. The zero-order valence-electron chi connectivity index (χ0n) is 14.4. The Labute approximate surface area is 108 Å². The predicted octanol–water partition coefficient (Wildman–Crippen LogP) is 1.78. The number of ether oxygens (including phenoxy) is 1. The molecule has 16 heavy (non-hydrogen) atoms. The van der Waals surface area contributed by atoms with Gasteiger partial charge in [0, 0.05) is 21.6 Å². The molecule has 3 nitrogen and oxygen atoms in total. The molecule has 0 unspecified atom stereocenters. The van der Waals surface area contributed by atoms with E-state index in [-0.39, 0.29) is 11.1 Å². The van der Waals surface area contributed by atoms with Gasteiger partial charge in [0.25, 0.3) is 0 Å². The maximum atomic E-state index is 11.8. The number of rotatable bonds is 3. The molecule has 4 heteroatoms. The summed E-state index contributed by atoms with van der Waals surface area (Å²) in [5.74, 6) is -2.73. The van der Waals surface area contributed by atoms with Crippen LogP contribution in [-0.2, 0) is 21.9 Å². The topological polar surface area (TPSA) is 29.5 Å². The van der Waals surface area contributed by atoms with Gasteiger partial charge in [0.2, 0.25) is 5.91 Å². The maximum Gasteiger partial charge on any atom is 0.248 e. The van der Waals surface area contributed by atoms with Crippen LogP contribution in [-0.4, -0.2) is 30.5 Å². The third kappa shape index (κ3) is 2.74. The van der Waals surface area contributed by atoms with Crippen LogP contribution in [0.1, 0.15) is 19.4 Å². The van der Waals surface area contributed by atoms with E-state index < -0.39 is 37.9 Å². The largest absolute Gasteiger partial charge is 0.370 e. The standard InChI is InChI=1S/C12H14ClNO2/c13-7-10-1-3-11(4-2-10)8-14-5-6-16-9-12(14)15/h1-4H,5-9H2/i6D2,7D2,8D2. The van der Waals surface area contributed by atoms with Crippen LogP contribution >= 0.6 is 11.6 Å². The third-order valence-corrected chi connectivity index (χ3v) is 2.30. The average molecular weight is 246 g/mol. The maximum absolute atomic E-state index is 11.8. The summed E-state index contributed by atoms with van der Waals surface area (Å²) in [4.78, 5) is 12.6. The fourth-order valence-electron chi connectivity index (χ4n) is 1.25. The van der Waals surface area contributed by atoms with Crippen molar-refractivity contribution in [1.29, 1.82) is 0 Å². The van der Waals surface area contributed by atoms with Gasteiger partial charge in [-0.25, -0.2) is 0 Å². The van der Waals surface area contributed by atoms with Gasteiger partial charge in [0.05, 0.1) is 12.0 Å². The lowest BCUT2D eigenvalue weighted by Gasteiger charge is -2.26. The van der Waals surface area contributed by atoms with E-state index in [1.165, 1.54) is 24.3 Å². The molecule has 0 saturated carbocycles. The Kier molecular flexibility index (Phi) is 2.01. The first kappa shape index (κ1) is 6.03. The molecule has 1 saturated heterocycles. The van der Waals surface area contributed by atoms with Crippen LogP contribution in [0.2, 0.25) is 0 Å². The Morgan fingerprint density at radius 3 is 2.81 bits per heavy atom. The minimum absolute atomic E-state index is 0.100. The van der Waals surface area contributed by atoms with Crippen molar-refractivity contribution < 1.29 is 17.8 Å². The normalized spacial score (nSPS) is 27.1. The molecule has 0 atom stereocenters. The summed E-state index contributed by atoms with van der Waals surface area (Å²) in [6.07, 6.45) is 0. The molecule has 0 aliphatic carbocycles. The quantitative estimate of drug-likeness (QED) is 0.760. The van der Waals surface area contributed by atoms with Gasteiger partial charge >= 0.3 is 0 Å². The van der Waals surface area contributed by atoms with Crippen molar-refractivity contribution in [2.24, 2.45) is 0 Å². The van der Waals surface area contributed by atoms with Crippen molar-refractivity contribution in [3.05, 3.63) is 35.4 Å². The van der Waals surface area contributed by atoms with E-state index in [1.807, 2.05) is 0 Å². The lowest BCUT2D eigenvalue weighted by molar-refractivity contribution is -0.143. The molecule has 0 radical (unpaired) electrons. The lowest BCUT2D eigenvalue weighted by Crippen LogP contribution is -2.40. The Morgan fingerprint density at radius 2 is 2.12 bits per heavy atom. The molecule has 2 rings (SSSR count).